The van der Waals surface area contributed by atoms with Crippen LogP contribution in [-0.4, -0.2) is 26.0 Å². The van der Waals surface area contributed by atoms with Crippen molar-refractivity contribution in [2.45, 2.75) is 13.0 Å². The van der Waals surface area contributed by atoms with Crippen molar-refractivity contribution in [2.75, 3.05) is 11.1 Å². The number of nitrogens with two attached hydrogens (primary N) is 1. The molecule has 3 aromatic heterocycles. The maximum atomic E-state index is 13.2. The number of thiophene rings is 1. The maximum Gasteiger partial charge on any atom is 0.258 e. The van der Waals surface area contributed by atoms with Crippen molar-refractivity contribution >= 4 is 61.3 Å². The lowest BCUT2D eigenvalue weighted by Gasteiger charge is -2.17. The van der Waals surface area contributed by atoms with Crippen LogP contribution in [0.15, 0.2) is 60.4 Å². The second-order valence-corrected chi connectivity index (χ2v) is 8.80. The second-order valence-electron chi connectivity index (χ2n) is 7.51. The average molecular weight is 476 g/mol. The van der Waals surface area contributed by atoms with E-state index in [1.165, 1.54) is 17.7 Å². The summed E-state index contributed by atoms with van der Waals surface area (Å²) in [6.07, 6.45) is 1.94. The summed E-state index contributed by atoms with van der Waals surface area (Å²) in [7, 11) is 0. The first kappa shape index (κ1) is 21.3. The number of pyridine rings is 1. The molecule has 2 aromatic carbocycles. The molecule has 4 N–H and O–H groups in total. The van der Waals surface area contributed by atoms with E-state index in [2.05, 4.69) is 20.3 Å². The Labute approximate surface area is 197 Å². The maximum absolute atomic E-state index is 13.2. The number of aliphatic hydroxyl groups is 1. The fraction of sp³-hybridized carbons (Fsp3) is 0.0833. The number of nitrogens with one attached hydrogen (secondary N) is 1. The van der Waals surface area contributed by atoms with E-state index < -0.39 is 6.10 Å². The third-order valence-corrected chi connectivity index (χ3v) is 6.84. The van der Waals surface area contributed by atoms with Crippen molar-refractivity contribution in [3.8, 4) is 0 Å². The number of carbonyl (C=O) groups excluding carboxylic acids is 1. The number of amides is 1. The molecule has 0 aliphatic heterocycles. The number of hydrogen-bond donors (Lipinski definition) is 3. The van der Waals surface area contributed by atoms with Crippen LogP contribution in [0.4, 0.5) is 11.5 Å². The monoisotopic (exact) mass is 475 g/mol. The van der Waals surface area contributed by atoms with Crippen LogP contribution < -0.4 is 11.1 Å². The van der Waals surface area contributed by atoms with Crippen molar-refractivity contribution < 1.29 is 9.90 Å². The number of aryl methyl sites for hydroxylation is 1. The summed E-state index contributed by atoms with van der Waals surface area (Å²) >= 11 is 7.62. The van der Waals surface area contributed by atoms with E-state index in [4.69, 9.17) is 17.3 Å². The predicted molar refractivity (Wildman–Crippen MR) is 132 cm³/mol. The largest absolute Gasteiger partial charge is 0.382 e. The molecule has 1 amide bonds. The first-order valence-electron chi connectivity index (χ1n) is 10.1. The molecule has 0 fully saturated rings. The fourth-order valence-corrected chi connectivity index (χ4v) is 4.97. The van der Waals surface area contributed by atoms with Crippen LogP contribution in [0.3, 0.4) is 0 Å². The van der Waals surface area contributed by atoms with Gasteiger partial charge in [-0.05, 0) is 24.6 Å². The average Bonchev–Trinajstić information content (AvgIpc) is 3.26. The van der Waals surface area contributed by atoms with Crippen molar-refractivity contribution in [1.29, 1.82) is 0 Å². The van der Waals surface area contributed by atoms with Gasteiger partial charge in [-0.15, -0.1) is 11.3 Å². The number of hydrogen-bond acceptors (Lipinski definition) is 7. The van der Waals surface area contributed by atoms with Gasteiger partial charge in [0.1, 0.15) is 18.2 Å². The van der Waals surface area contributed by atoms with Gasteiger partial charge in [0.2, 0.25) is 0 Å². The van der Waals surface area contributed by atoms with Gasteiger partial charge in [0, 0.05) is 32.9 Å². The highest BCUT2D eigenvalue weighted by Crippen LogP contribution is 2.35. The Balaban J connectivity index is 1.58. The first-order chi connectivity index (χ1) is 16.0. The van der Waals surface area contributed by atoms with Gasteiger partial charge in [0.05, 0.1) is 27.2 Å². The highest BCUT2D eigenvalue weighted by molar-refractivity contribution is 7.18. The summed E-state index contributed by atoms with van der Waals surface area (Å²) in [5.41, 5.74) is 9.37. The lowest BCUT2D eigenvalue weighted by atomic mass is 9.98. The number of nitrogens with zero attached hydrogens (tertiary/aromatic N) is 3. The Morgan fingerprint density at radius 1 is 1.12 bits per heavy atom. The van der Waals surface area contributed by atoms with Crippen LogP contribution in [0.1, 0.15) is 33.3 Å². The molecule has 7 nitrogen and oxygen atoms in total. The van der Waals surface area contributed by atoms with Crippen molar-refractivity contribution in [1.82, 2.24) is 15.0 Å². The molecule has 3 heterocycles. The van der Waals surface area contributed by atoms with Crippen LogP contribution in [0.2, 0.25) is 5.02 Å². The molecule has 33 heavy (non-hydrogen) atoms. The summed E-state index contributed by atoms with van der Waals surface area (Å²) in [6.45, 7) is 1.91. The normalized spacial score (nSPS) is 12.2. The Morgan fingerprint density at radius 3 is 2.76 bits per heavy atom. The quantitative estimate of drug-likeness (QED) is 0.332. The molecule has 0 bridgehead atoms. The molecule has 164 valence electrons. The summed E-state index contributed by atoms with van der Waals surface area (Å²) in [6, 6.07) is 12.7. The minimum Gasteiger partial charge on any atom is -0.382 e. The summed E-state index contributed by atoms with van der Waals surface area (Å²) < 4.78 is 0.673. The highest BCUT2D eigenvalue weighted by atomic mass is 35.5. The van der Waals surface area contributed by atoms with Gasteiger partial charge in [-0.3, -0.25) is 9.78 Å². The molecule has 1 unspecified atom stereocenters. The summed E-state index contributed by atoms with van der Waals surface area (Å²) in [4.78, 5) is 25.8. The van der Waals surface area contributed by atoms with Gasteiger partial charge in [0.25, 0.3) is 5.91 Å². The molecule has 0 radical (unpaired) electrons. The number of carbonyl (C=O) groups is 1. The molecular weight excluding hydrogens is 458 g/mol. The van der Waals surface area contributed by atoms with Crippen LogP contribution >= 0.6 is 22.9 Å². The molecule has 0 aliphatic rings. The van der Waals surface area contributed by atoms with Crippen LogP contribution in [0.5, 0.6) is 0 Å². The standard InChI is InChI=1S/C24H18ClN5O2S/c1-12-6-7-13-14(8-9-27-19(13)21(31)15-4-2-3-5-17(15)25)18(12)30-24(32)16-10-33-22-20(16)28-11-29-23(22)26/h2-11,21,31H,1H3,(H,30,32)(H2,26,28,29). The smallest absolute Gasteiger partial charge is 0.258 e. The molecule has 0 aliphatic carbocycles. The Bertz CT molecular complexity index is 1530. The molecular formula is C24H18ClN5O2S. The zero-order chi connectivity index (χ0) is 23.1. The predicted octanol–water partition coefficient (Wildman–Crippen LogP) is 5.12. The minimum atomic E-state index is -1.02. The van der Waals surface area contributed by atoms with E-state index in [9.17, 15) is 9.90 Å². The van der Waals surface area contributed by atoms with Crippen LogP contribution in [0, 0.1) is 6.92 Å². The Kier molecular flexibility index (Phi) is 5.41. The van der Waals surface area contributed by atoms with Gasteiger partial charge in [0.15, 0.2) is 0 Å². The number of halogens is 1. The zero-order valence-corrected chi connectivity index (χ0v) is 19.0. The lowest BCUT2D eigenvalue weighted by Crippen LogP contribution is -2.13. The SMILES string of the molecule is Cc1ccc2c(C(O)c3ccccc3Cl)nccc2c1NC(=O)c1csc2c(N)ncnc12. The fourth-order valence-electron chi connectivity index (χ4n) is 3.83. The van der Waals surface area contributed by atoms with Crippen LogP contribution in [-0.2, 0) is 0 Å². The molecule has 0 saturated carbocycles. The molecule has 5 rings (SSSR count). The van der Waals surface area contributed by atoms with E-state index in [1.54, 1.807) is 29.8 Å². The number of benzene rings is 2. The number of rotatable bonds is 4. The van der Waals surface area contributed by atoms with E-state index in [1.807, 2.05) is 31.2 Å². The van der Waals surface area contributed by atoms with Crippen molar-refractivity contribution in [3.05, 3.63) is 87.8 Å². The molecule has 9 heteroatoms. The van der Waals surface area contributed by atoms with Crippen molar-refractivity contribution in [3.63, 3.8) is 0 Å². The van der Waals surface area contributed by atoms with Gasteiger partial charge in [-0.2, -0.15) is 0 Å². The third kappa shape index (κ3) is 3.68. The number of anilines is 2. The van der Waals surface area contributed by atoms with E-state index >= 15 is 0 Å². The number of aliphatic hydroxyl groups excluding tert-OH is 1. The van der Waals surface area contributed by atoms with E-state index in [0.29, 0.717) is 49.0 Å². The Hall–Kier alpha value is -3.59. The van der Waals surface area contributed by atoms with E-state index in [-0.39, 0.29) is 5.91 Å². The van der Waals surface area contributed by atoms with Gasteiger partial charge in [-0.1, -0.05) is 41.9 Å². The number of nitrogen functional groups attached to an aromatic ring is 1. The first-order valence-corrected chi connectivity index (χ1v) is 11.3. The lowest BCUT2D eigenvalue weighted by molar-refractivity contribution is 0.102. The second kappa shape index (κ2) is 8.40. The molecule has 1 atom stereocenters. The number of aromatic nitrogens is 3. The zero-order valence-electron chi connectivity index (χ0n) is 17.4. The summed E-state index contributed by atoms with van der Waals surface area (Å²) in [5.74, 6) is 0.0367. The van der Waals surface area contributed by atoms with Gasteiger partial charge >= 0.3 is 0 Å². The van der Waals surface area contributed by atoms with Gasteiger partial charge < -0.3 is 16.2 Å². The molecule has 0 saturated heterocycles. The van der Waals surface area contributed by atoms with Gasteiger partial charge in [-0.25, -0.2) is 9.97 Å². The van der Waals surface area contributed by atoms with Crippen LogP contribution in [0.25, 0.3) is 21.0 Å². The molecule has 5 aromatic rings. The molecule has 0 spiro atoms. The third-order valence-electron chi connectivity index (χ3n) is 5.51. The minimum absolute atomic E-state index is 0.306. The van der Waals surface area contributed by atoms with Crippen molar-refractivity contribution in [2.24, 2.45) is 0 Å². The summed E-state index contributed by atoms with van der Waals surface area (Å²) in [5, 5.41) is 17.7. The highest BCUT2D eigenvalue weighted by Gasteiger charge is 2.21. The topological polar surface area (TPSA) is 114 Å². The van der Waals surface area contributed by atoms with E-state index in [0.717, 1.165) is 10.9 Å². The Morgan fingerprint density at radius 2 is 1.94 bits per heavy atom. The number of fused-ring (bicyclic) bond motifs is 2.